The monoisotopic (exact) mass is 270 g/mol. The van der Waals surface area contributed by atoms with Crippen LogP contribution < -0.4 is 0 Å². The number of alkyl halides is 1. The Morgan fingerprint density at radius 2 is 2.00 bits per heavy atom. The molecule has 17 heavy (non-hydrogen) atoms. The summed E-state index contributed by atoms with van der Waals surface area (Å²) in [5.41, 5.74) is 2.02. The van der Waals surface area contributed by atoms with Crippen molar-refractivity contribution in [2.24, 2.45) is 5.92 Å². The van der Waals surface area contributed by atoms with E-state index in [1.807, 2.05) is 25.1 Å². The maximum atomic E-state index is 6.19. The number of halogens is 2. The summed E-state index contributed by atoms with van der Waals surface area (Å²) in [5, 5.41) is 0.635. The summed E-state index contributed by atoms with van der Waals surface area (Å²) < 4.78 is 2.17. The van der Waals surface area contributed by atoms with Gasteiger partial charge in [-0.15, -0.1) is 11.6 Å². The molecule has 0 aliphatic carbocycles. The van der Waals surface area contributed by atoms with Crippen LogP contribution in [0.1, 0.15) is 32.0 Å². The van der Waals surface area contributed by atoms with Gasteiger partial charge in [0.25, 0.3) is 0 Å². The van der Waals surface area contributed by atoms with Crippen molar-refractivity contribution in [1.82, 2.24) is 9.55 Å². The average Bonchev–Trinajstić information content (AvgIpc) is 2.56. The van der Waals surface area contributed by atoms with E-state index in [0.29, 0.717) is 5.92 Å². The molecule has 0 saturated carbocycles. The third-order valence-electron chi connectivity index (χ3n) is 2.64. The molecule has 0 saturated heterocycles. The number of fused-ring (bicyclic) bond motifs is 1. The first kappa shape index (κ1) is 12.7. The smallest absolute Gasteiger partial charge is 0.127 e. The Kier molecular flexibility index (Phi) is 3.64. The van der Waals surface area contributed by atoms with Gasteiger partial charge in [0.1, 0.15) is 5.82 Å². The summed E-state index contributed by atoms with van der Waals surface area (Å²) >= 11 is 12.2. The number of aromatic nitrogens is 2. The fourth-order valence-corrected chi connectivity index (χ4v) is 2.31. The van der Waals surface area contributed by atoms with Gasteiger partial charge in [-0.3, -0.25) is 0 Å². The Hall–Kier alpha value is -0.730. The van der Waals surface area contributed by atoms with Gasteiger partial charge in [0, 0.05) is 11.6 Å². The lowest BCUT2D eigenvalue weighted by Gasteiger charge is -2.12. The lowest BCUT2D eigenvalue weighted by atomic mass is 10.2. The fraction of sp³-hybridized carbons (Fsp3) is 0.462. The largest absolute Gasteiger partial charge is 0.326 e. The minimum atomic E-state index is -0.0973. The Labute approximate surface area is 112 Å². The molecule has 1 unspecified atom stereocenters. The second-order valence-electron chi connectivity index (χ2n) is 4.72. The molecule has 4 heteroatoms. The highest BCUT2D eigenvalue weighted by Gasteiger charge is 2.15. The van der Waals surface area contributed by atoms with Crippen LogP contribution in [0.3, 0.4) is 0 Å². The standard InChI is InChI=1S/C13H16Cl2N2/c1-8(2)7-17-12-6-10(15)4-5-11(12)16-13(17)9(3)14/h4-6,8-9H,7H2,1-3H3. The number of rotatable bonds is 3. The van der Waals surface area contributed by atoms with Crippen molar-refractivity contribution in [3.63, 3.8) is 0 Å². The molecule has 2 nitrogen and oxygen atoms in total. The van der Waals surface area contributed by atoms with Gasteiger partial charge in [-0.05, 0) is 31.0 Å². The van der Waals surface area contributed by atoms with Gasteiger partial charge >= 0.3 is 0 Å². The zero-order valence-electron chi connectivity index (χ0n) is 10.2. The first-order chi connectivity index (χ1) is 7.99. The van der Waals surface area contributed by atoms with E-state index in [1.165, 1.54) is 0 Å². The Morgan fingerprint density at radius 1 is 1.29 bits per heavy atom. The average molecular weight is 271 g/mol. The second-order valence-corrected chi connectivity index (χ2v) is 5.81. The van der Waals surface area contributed by atoms with E-state index in [0.717, 1.165) is 28.4 Å². The van der Waals surface area contributed by atoms with E-state index in [2.05, 4.69) is 23.4 Å². The number of hydrogen-bond donors (Lipinski definition) is 0. The second kappa shape index (κ2) is 4.87. The Morgan fingerprint density at radius 3 is 2.59 bits per heavy atom. The third-order valence-corrected chi connectivity index (χ3v) is 3.07. The van der Waals surface area contributed by atoms with Crippen LogP contribution >= 0.6 is 23.2 Å². The van der Waals surface area contributed by atoms with Crippen molar-refractivity contribution >= 4 is 34.2 Å². The van der Waals surface area contributed by atoms with E-state index in [-0.39, 0.29) is 5.38 Å². The molecule has 0 amide bonds. The maximum absolute atomic E-state index is 6.19. The molecule has 1 atom stereocenters. The van der Waals surface area contributed by atoms with Crippen molar-refractivity contribution in [2.45, 2.75) is 32.7 Å². The fourth-order valence-electron chi connectivity index (χ4n) is 1.98. The Bertz CT molecular complexity index is 529. The third kappa shape index (κ3) is 2.58. The van der Waals surface area contributed by atoms with Crippen molar-refractivity contribution < 1.29 is 0 Å². The van der Waals surface area contributed by atoms with Crippen molar-refractivity contribution in [1.29, 1.82) is 0 Å². The van der Waals surface area contributed by atoms with E-state index < -0.39 is 0 Å². The summed E-state index contributed by atoms with van der Waals surface area (Å²) in [6, 6.07) is 5.76. The first-order valence-corrected chi connectivity index (χ1v) is 6.60. The van der Waals surface area contributed by atoms with E-state index in [4.69, 9.17) is 23.2 Å². The number of benzene rings is 1. The quantitative estimate of drug-likeness (QED) is 0.743. The molecule has 2 rings (SSSR count). The van der Waals surface area contributed by atoms with Gasteiger partial charge in [0.15, 0.2) is 0 Å². The molecule has 0 N–H and O–H groups in total. The van der Waals surface area contributed by atoms with Gasteiger partial charge in [-0.1, -0.05) is 25.4 Å². The highest BCUT2D eigenvalue weighted by Crippen LogP contribution is 2.27. The molecule has 1 heterocycles. The van der Waals surface area contributed by atoms with Crippen molar-refractivity contribution in [2.75, 3.05) is 0 Å². The molecule has 92 valence electrons. The molecule has 0 fully saturated rings. The first-order valence-electron chi connectivity index (χ1n) is 5.78. The topological polar surface area (TPSA) is 17.8 Å². The number of hydrogen-bond acceptors (Lipinski definition) is 1. The summed E-state index contributed by atoms with van der Waals surface area (Å²) in [6.07, 6.45) is 0. The summed E-state index contributed by atoms with van der Waals surface area (Å²) in [7, 11) is 0. The van der Waals surface area contributed by atoms with Crippen LogP contribution in [0.4, 0.5) is 0 Å². The molecule has 0 aliphatic rings. The van der Waals surface area contributed by atoms with Crippen LogP contribution in [0.25, 0.3) is 11.0 Å². The predicted molar refractivity (Wildman–Crippen MR) is 73.8 cm³/mol. The lowest BCUT2D eigenvalue weighted by molar-refractivity contribution is 0.517. The molecular weight excluding hydrogens is 255 g/mol. The van der Waals surface area contributed by atoms with Crippen molar-refractivity contribution in [3.05, 3.63) is 29.0 Å². The highest BCUT2D eigenvalue weighted by atomic mass is 35.5. The summed E-state index contributed by atoms with van der Waals surface area (Å²) in [6.45, 7) is 7.21. The molecule has 1 aromatic carbocycles. The molecule has 0 aliphatic heterocycles. The molecule has 2 aromatic rings. The van der Waals surface area contributed by atoms with Gasteiger partial charge in [0.2, 0.25) is 0 Å². The van der Waals surface area contributed by atoms with Crippen molar-refractivity contribution in [3.8, 4) is 0 Å². The van der Waals surface area contributed by atoms with E-state index >= 15 is 0 Å². The van der Waals surface area contributed by atoms with Gasteiger partial charge in [-0.25, -0.2) is 4.98 Å². The molecule has 1 aromatic heterocycles. The van der Waals surface area contributed by atoms with Gasteiger partial charge in [-0.2, -0.15) is 0 Å². The number of nitrogens with zero attached hydrogens (tertiary/aromatic N) is 2. The number of imidazole rings is 1. The van der Waals surface area contributed by atoms with Crippen LogP contribution in [0.5, 0.6) is 0 Å². The minimum Gasteiger partial charge on any atom is -0.326 e. The summed E-state index contributed by atoms with van der Waals surface area (Å²) in [4.78, 5) is 4.58. The van der Waals surface area contributed by atoms with E-state index in [9.17, 15) is 0 Å². The van der Waals surface area contributed by atoms with Crippen LogP contribution in [0.2, 0.25) is 5.02 Å². The molecule has 0 bridgehead atoms. The molecule has 0 spiro atoms. The van der Waals surface area contributed by atoms with Crippen LogP contribution in [-0.4, -0.2) is 9.55 Å². The Balaban J connectivity index is 2.64. The van der Waals surface area contributed by atoms with Crippen LogP contribution in [0.15, 0.2) is 18.2 Å². The SMILES string of the molecule is CC(C)Cn1c(C(C)Cl)nc2ccc(Cl)cc21. The normalized spacial score (nSPS) is 13.5. The van der Waals surface area contributed by atoms with Gasteiger partial charge < -0.3 is 4.57 Å². The molecule has 0 radical (unpaired) electrons. The van der Waals surface area contributed by atoms with Crippen LogP contribution in [0, 0.1) is 5.92 Å². The zero-order chi connectivity index (χ0) is 12.6. The lowest BCUT2D eigenvalue weighted by Crippen LogP contribution is -2.09. The highest BCUT2D eigenvalue weighted by molar-refractivity contribution is 6.31. The van der Waals surface area contributed by atoms with E-state index in [1.54, 1.807) is 0 Å². The minimum absolute atomic E-state index is 0.0973. The van der Waals surface area contributed by atoms with Gasteiger partial charge in [0.05, 0.1) is 16.4 Å². The van der Waals surface area contributed by atoms with Crippen LogP contribution in [-0.2, 0) is 6.54 Å². The molecular formula is C13H16Cl2N2. The summed E-state index contributed by atoms with van der Waals surface area (Å²) in [5.74, 6) is 1.46. The maximum Gasteiger partial charge on any atom is 0.127 e. The predicted octanol–water partition coefficient (Wildman–Crippen LogP) is 4.65. The zero-order valence-corrected chi connectivity index (χ0v) is 11.8.